The molecule has 3 rings (SSSR count). The summed E-state index contributed by atoms with van der Waals surface area (Å²) in [6.07, 6.45) is 13.3. The van der Waals surface area contributed by atoms with Gasteiger partial charge in [-0.1, -0.05) is 86.6 Å². The largest absolute Gasteiger partial charge is 0.492 e. The normalized spacial score (nSPS) is 11.5. The number of aromatic nitrogens is 1. The smallest absolute Gasteiger partial charge is 0.297 e. The zero-order valence-corrected chi connectivity index (χ0v) is 25.2. The van der Waals surface area contributed by atoms with Gasteiger partial charge in [0.05, 0.1) is 12.6 Å². The van der Waals surface area contributed by atoms with Gasteiger partial charge < -0.3 is 19.4 Å². The van der Waals surface area contributed by atoms with Crippen LogP contribution in [0, 0.1) is 0 Å². The van der Waals surface area contributed by atoms with Crippen LogP contribution in [-0.2, 0) is 13.1 Å². The Bertz CT molecular complexity index is 1320. The molecule has 0 saturated heterocycles. The first kappa shape index (κ1) is 31.1. The number of nitrogens with one attached hydrogen (secondary N) is 1. The molecule has 0 fully saturated rings. The molecule has 0 aliphatic carbocycles. The number of hydrogen-bond acceptors (Lipinski definition) is 4. The molecular weight excluding hydrogens is 496 g/mol. The van der Waals surface area contributed by atoms with E-state index in [1.54, 1.807) is 7.11 Å². The summed E-state index contributed by atoms with van der Waals surface area (Å²) in [6.45, 7) is 10.3. The summed E-state index contributed by atoms with van der Waals surface area (Å²) in [5.41, 5.74) is 5.49. The molecule has 2 aromatic carbocycles. The van der Waals surface area contributed by atoms with Crippen molar-refractivity contribution in [1.29, 1.82) is 0 Å². The van der Waals surface area contributed by atoms with Crippen LogP contribution in [0.2, 0.25) is 0 Å². The zero-order chi connectivity index (χ0) is 28.7. The highest BCUT2D eigenvalue weighted by Gasteiger charge is 2.19. The molecule has 0 saturated carbocycles. The van der Waals surface area contributed by atoms with Crippen molar-refractivity contribution in [3.05, 3.63) is 87.7 Å². The fourth-order valence-corrected chi connectivity index (χ4v) is 4.87. The number of hydrogen-bond donors (Lipinski definition) is 1. The van der Waals surface area contributed by atoms with Crippen molar-refractivity contribution in [2.75, 3.05) is 19.0 Å². The number of pyridine rings is 1. The van der Waals surface area contributed by atoms with Crippen molar-refractivity contribution in [2.45, 2.75) is 92.2 Å². The van der Waals surface area contributed by atoms with E-state index in [9.17, 15) is 4.79 Å². The number of methoxy groups -OCH3 is 1. The molecule has 216 valence electrons. The van der Waals surface area contributed by atoms with Crippen LogP contribution < -0.4 is 20.3 Å². The SMILES string of the molecule is CCCCCCCCn1c(=O)c(OCC=C(C)CCC=C(C)C)c(OC)c2ccc(NCc3ccccc3)cc21. The van der Waals surface area contributed by atoms with Crippen molar-refractivity contribution in [2.24, 2.45) is 0 Å². The number of anilines is 1. The molecule has 0 amide bonds. The third-order valence-electron chi connectivity index (χ3n) is 7.21. The van der Waals surface area contributed by atoms with Crippen LogP contribution in [0.3, 0.4) is 0 Å². The number of fused-ring (bicyclic) bond motifs is 1. The second-order valence-corrected chi connectivity index (χ2v) is 10.8. The molecule has 0 radical (unpaired) electrons. The Morgan fingerprint density at radius 3 is 2.40 bits per heavy atom. The molecule has 0 spiro atoms. The maximum absolute atomic E-state index is 13.9. The highest BCUT2D eigenvalue weighted by atomic mass is 16.5. The fraction of sp³-hybridized carbons (Fsp3) is 0.457. The molecule has 1 N–H and O–H groups in total. The van der Waals surface area contributed by atoms with Gasteiger partial charge in [0.25, 0.3) is 5.56 Å². The quantitative estimate of drug-likeness (QED) is 0.136. The molecule has 40 heavy (non-hydrogen) atoms. The molecule has 1 heterocycles. The van der Waals surface area contributed by atoms with Crippen molar-refractivity contribution in [1.82, 2.24) is 4.57 Å². The second-order valence-electron chi connectivity index (χ2n) is 10.8. The minimum absolute atomic E-state index is 0.131. The van der Waals surface area contributed by atoms with Gasteiger partial charge in [-0.15, -0.1) is 0 Å². The Kier molecular flexibility index (Phi) is 12.9. The summed E-state index contributed by atoms with van der Waals surface area (Å²) in [4.78, 5) is 13.9. The minimum Gasteiger partial charge on any atom is -0.492 e. The third-order valence-corrected chi connectivity index (χ3v) is 7.21. The average molecular weight is 545 g/mol. The van der Waals surface area contributed by atoms with Gasteiger partial charge in [-0.3, -0.25) is 4.79 Å². The van der Waals surface area contributed by atoms with Gasteiger partial charge in [-0.25, -0.2) is 0 Å². The summed E-state index contributed by atoms with van der Waals surface area (Å²) < 4.78 is 13.8. The molecule has 0 unspecified atom stereocenters. The highest BCUT2D eigenvalue weighted by Crippen LogP contribution is 2.34. The molecule has 0 aliphatic rings. The average Bonchev–Trinajstić information content (AvgIpc) is 2.95. The standard InChI is InChI=1S/C35H48N2O3/c1-6-7-8-9-10-14-23-37-32-25-30(36-26-29-18-12-11-13-19-29)20-21-31(32)33(39-5)34(35(37)38)40-24-22-28(4)17-15-16-27(2)3/h11-13,16,18-22,25,36H,6-10,14-15,17,23-24,26H2,1-5H3. The van der Waals surface area contributed by atoms with Crippen molar-refractivity contribution < 1.29 is 9.47 Å². The fourth-order valence-electron chi connectivity index (χ4n) is 4.87. The maximum Gasteiger partial charge on any atom is 0.297 e. The summed E-state index contributed by atoms with van der Waals surface area (Å²) in [5, 5.41) is 4.40. The molecule has 3 aromatic rings. The lowest BCUT2D eigenvalue weighted by atomic mass is 10.1. The topological polar surface area (TPSA) is 52.5 Å². The lowest BCUT2D eigenvalue weighted by Crippen LogP contribution is -2.24. The van der Waals surface area contributed by atoms with E-state index in [-0.39, 0.29) is 5.56 Å². The molecule has 1 aromatic heterocycles. The van der Waals surface area contributed by atoms with Gasteiger partial charge in [0.15, 0.2) is 5.75 Å². The molecular formula is C35H48N2O3. The van der Waals surface area contributed by atoms with Crippen LogP contribution in [0.5, 0.6) is 11.5 Å². The van der Waals surface area contributed by atoms with Crippen LogP contribution in [0.4, 0.5) is 5.69 Å². The van der Waals surface area contributed by atoms with Gasteiger partial charge in [0.1, 0.15) is 6.61 Å². The number of rotatable bonds is 17. The lowest BCUT2D eigenvalue weighted by Gasteiger charge is -2.18. The number of benzene rings is 2. The Labute approximate surface area is 240 Å². The minimum atomic E-state index is -0.131. The first-order valence-electron chi connectivity index (χ1n) is 14.9. The van der Waals surface area contributed by atoms with E-state index in [1.165, 1.54) is 42.4 Å². The molecule has 0 bridgehead atoms. The Hall–Kier alpha value is -3.47. The van der Waals surface area contributed by atoms with E-state index in [4.69, 9.17) is 9.47 Å². The van der Waals surface area contributed by atoms with Crippen LogP contribution >= 0.6 is 0 Å². The Balaban J connectivity index is 1.89. The third kappa shape index (κ3) is 9.32. The summed E-state index contributed by atoms with van der Waals surface area (Å²) >= 11 is 0. The van der Waals surface area contributed by atoms with Crippen LogP contribution in [0.15, 0.2) is 76.6 Å². The van der Waals surface area contributed by atoms with Crippen LogP contribution in [-0.4, -0.2) is 18.3 Å². The van der Waals surface area contributed by atoms with Crippen LogP contribution in [0.1, 0.15) is 84.6 Å². The van der Waals surface area contributed by atoms with Crippen molar-refractivity contribution in [3.63, 3.8) is 0 Å². The lowest BCUT2D eigenvalue weighted by molar-refractivity contribution is 0.320. The van der Waals surface area contributed by atoms with E-state index in [1.807, 2.05) is 34.9 Å². The van der Waals surface area contributed by atoms with Gasteiger partial charge in [0, 0.05) is 24.2 Å². The molecule has 5 heteroatoms. The number of aryl methyl sites for hydroxylation is 1. The van der Waals surface area contributed by atoms with Gasteiger partial charge in [0.2, 0.25) is 5.75 Å². The summed E-state index contributed by atoms with van der Waals surface area (Å²) in [7, 11) is 1.61. The van der Waals surface area contributed by atoms with E-state index in [0.29, 0.717) is 31.2 Å². The van der Waals surface area contributed by atoms with Gasteiger partial charge in [-0.05, 0) is 69.9 Å². The summed E-state index contributed by atoms with van der Waals surface area (Å²) in [5.74, 6) is 0.795. The molecule has 5 nitrogen and oxygen atoms in total. The zero-order valence-electron chi connectivity index (χ0n) is 25.2. The van der Waals surface area contributed by atoms with Gasteiger partial charge in [-0.2, -0.15) is 0 Å². The van der Waals surface area contributed by atoms with E-state index in [0.717, 1.165) is 42.3 Å². The van der Waals surface area contributed by atoms with E-state index < -0.39 is 0 Å². The number of allylic oxidation sites excluding steroid dienone is 3. The second kappa shape index (κ2) is 16.6. The van der Waals surface area contributed by atoms with Crippen LogP contribution in [0.25, 0.3) is 10.9 Å². The predicted octanol–water partition coefficient (Wildman–Crippen LogP) is 9.05. The van der Waals surface area contributed by atoms with Crippen molar-refractivity contribution in [3.8, 4) is 11.5 Å². The Morgan fingerprint density at radius 2 is 1.68 bits per heavy atom. The van der Waals surface area contributed by atoms with Crippen molar-refractivity contribution >= 4 is 16.6 Å². The number of ether oxygens (including phenoxy) is 2. The summed E-state index contributed by atoms with van der Waals surface area (Å²) in [6, 6.07) is 16.5. The van der Waals surface area contributed by atoms with Gasteiger partial charge >= 0.3 is 0 Å². The van der Waals surface area contributed by atoms with E-state index >= 15 is 0 Å². The first-order valence-corrected chi connectivity index (χ1v) is 14.9. The number of nitrogens with zero attached hydrogens (tertiary/aromatic N) is 1. The maximum atomic E-state index is 13.9. The first-order chi connectivity index (χ1) is 19.4. The monoisotopic (exact) mass is 544 g/mol. The molecule has 0 atom stereocenters. The Morgan fingerprint density at radius 1 is 0.925 bits per heavy atom. The number of unbranched alkanes of at least 4 members (excludes halogenated alkanes) is 5. The highest BCUT2D eigenvalue weighted by molar-refractivity contribution is 5.90. The predicted molar refractivity (Wildman–Crippen MR) is 170 cm³/mol. The van der Waals surface area contributed by atoms with E-state index in [2.05, 4.69) is 63.4 Å². The molecule has 0 aliphatic heterocycles.